The van der Waals surface area contributed by atoms with Gasteiger partial charge in [-0.25, -0.2) is 0 Å². The van der Waals surface area contributed by atoms with Crippen molar-refractivity contribution >= 4 is 17.7 Å². The molecule has 1 rings (SSSR count). The van der Waals surface area contributed by atoms with E-state index in [-0.39, 0.29) is 11.8 Å². The van der Waals surface area contributed by atoms with Crippen molar-refractivity contribution < 1.29 is 9.90 Å². The number of rotatable bonds is 3. The summed E-state index contributed by atoms with van der Waals surface area (Å²) in [6.45, 7) is 0.506. The molecule has 3 N–H and O–H groups in total. The van der Waals surface area contributed by atoms with E-state index in [9.17, 15) is 4.79 Å². The topological polar surface area (TPSA) is 63.3 Å². The second-order valence-electron chi connectivity index (χ2n) is 3.43. The third-order valence-electron chi connectivity index (χ3n) is 2.36. The number of hydrogen-bond donors (Lipinski definition) is 2. The Morgan fingerprint density at radius 2 is 2.42 bits per heavy atom. The lowest BCUT2D eigenvalue weighted by Crippen LogP contribution is -2.37. The normalized spacial score (nSPS) is 30.1. The van der Waals surface area contributed by atoms with Gasteiger partial charge in [0.15, 0.2) is 0 Å². The van der Waals surface area contributed by atoms with Gasteiger partial charge in [0.05, 0.1) is 6.42 Å². The summed E-state index contributed by atoms with van der Waals surface area (Å²) < 4.78 is 0. The van der Waals surface area contributed by atoms with E-state index >= 15 is 0 Å². The molecule has 70 valence electrons. The van der Waals surface area contributed by atoms with Crippen LogP contribution in [0.2, 0.25) is 0 Å². The third kappa shape index (κ3) is 2.38. The summed E-state index contributed by atoms with van der Waals surface area (Å²) in [6.07, 6.45) is 2.31. The monoisotopic (exact) mass is 189 g/mol. The Kier molecular flexibility index (Phi) is 3.40. The van der Waals surface area contributed by atoms with E-state index in [0.29, 0.717) is 6.54 Å². The van der Waals surface area contributed by atoms with E-state index in [1.807, 2.05) is 11.8 Å². The maximum Gasteiger partial charge on any atom is 0.303 e. The van der Waals surface area contributed by atoms with Crippen molar-refractivity contribution in [2.45, 2.75) is 19.3 Å². The van der Waals surface area contributed by atoms with Crippen molar-refractivity contribution in [3.05, 3.63) is 0 Å². The standard InChI is InChI=1S/C8H15NO2S/c9-5-8(4-7(10)11)2-1-3-12-6-8/h1-6,9H2,(H,10,11). The number of carboxylic acids is 1. The molecule has 0 amide bonds. The molecule has 1 saturated heterocycles. The Balaban J connectivity index is 2.53. The first-order valence-electron chi connectivity index (χ1n) is 4.18. The molecule has 0 spiro atoms. The lowest BCUT2D eigenvalue weighted by atomic mass is 9.82. The molecule has 0 saturated carbocycles. The maximum absolute atomic E-state index is 10.6. The predicted octanol–water partition coefficient (Wildman–Crippen LogP) is 0.933. The first-order chi connectivity index (χ1) is 5.68. The molecular weight excluding hydrogens is 174 g/mol. The fourth-order valence-corrected chi connectivity index (χ4v) is 2.89. The molecule has 1 unspecified atom stereocenters. The first-order valence-corrected chi connectivity index (χ1v) is 5.34. The molecule has 0 radical (unpaired) electrons. The fraction of sp³-hybridized carbons (Fsp3) is 0.875. The van der Waals surface area contributed by atoms with E-state index in [2.05, 4.69) is 0 Å². The van der Waals surface area contributed by atoms with Crippen molar-refractivity contribution in [2.75, 3.05) is 18.1 Å². The third-order valence-corrected chi connectivity index (χ3v) is 3.76. The van der Waals surface area contributed by atoms with Crippen molar-refractivity contribution in [2.24, 2.45) is 11.1 Å². The lowest BCUT2D eigenvalue weighted by molar-refractivity contribution is -0.139. The molecule has 1 heterocycles. The zero-order chi connectivity index (χ0) is 9.03. The van der Waals surface area contributed by atoms with E-state index in [1.165, 1.54) is 0 Å². The summed E-state index contributed by atoms with van der Waals surface area (Å²) in [5, 5.41) is 8.70. The van der Waals surface area contributed by atoms with E-state index in [0.717, 1.165) is 24.3 Å². The Morgan fingerprint density at radius 1 is 1.67 bits per heavy atom. The van der Waals surface area contributed by atoms with Crippen LogP contribution in [0.25, 0.3) is 0 Å². The van der Waals surface area contributed by atoms with Gasteiger partial charge in [0.25, 0.3) is 0 Å². The second-order valence-corrected chi connectivity index (χ2v) is 4.54. The summed E-state index contributed by atoms with van der Waals surface area (Å²) in [5.41, 5.74) is 5.49. The number of hydrogen-bond acceptors (Lipinski definition) is 3. The highest BCUT2D eigenvalue weighted by atomic mass is 32.2. The summed E-state index contributed by atoms with van der Waals surface area (Å²) >= 11 is 1.83. The summed E-state index contributed by atoms with van der Waals surface area (Å²) in [6, 6.07) is 0. The Bertz CT molecular complexity index is 166. The molecule has 4 heteroatoms. The zero-order valence-electron chi connectivity index (χ0n) is 7.08. The van der Waals surface area contributed by atoms with Crippen LogP contribution in [0.15, 0.2) is 0 Å². The van der Waals surface area contributed by atoms with Crippen molar-refractivity contribution in [1.82, 2.24) is 0 Å². The van der Waals surface area contributed by atoms with Crippen LogP contribution in [0, 0.1) is 5.41 Å². The Labute approximate surface area is 76.7 Å². The van der Waals surface area contributed by atoms with Gasteiger partial charge < -0.3 is 10.8 Å². The lowest BCUT2D eigenvalue weighted by Gasteiger charge is -2.34. The largest absolute Gasteiger partial charge is 0.481 e. The predicted molar refractivity (Wildman–Crippen MR) is 50.3 cm³/mol. The second kappa shape index (κ2) is 4.14. The fourth-order valence-electron chi connectivity index (χ4n) is 1.60. The van der Waals surface area contributed by atoms with Crippen LogP contribution in [-0.2, 0) is 4.79 Å². The molecule has 0 bridgehead atoms. The maximum atomic E-state index is 10.6. The van der Waals surface area contributed by atoms with Crippen LogP contribution in [0.4, 0.5) is 0 Å². The molecule has 0 aromatic carbocycles. The van der Waals surface area contributed by atoms with Crippen molar-refractivity contribution in [3.63, 3.8) is 0 Å². The van der Waals surface area contributed by atoms with Crippen molar-refractivity contribution in [1.29, 1.82) is 0 Å². The van der Waals surface area contributed by atoms with Gasteiger partial charge in [-0.3, -0.25) is 4.79 Å². The van der Waals surface area contributed by atoms with Gasteiger partial charge in [-0.15, -0.1) is 0 Å². The Hall–Kier alpha value is -0.220. The van der Waals surface area contributed by atoms with Crippen LogP contribution >= 0.6 is 11.8 Å². The number of thioether (sulfide) groups is 1. The highest BCUT2D eigenvalue weighted by Crippen LogP contribution is 2.36. The number of nitrogens with two attached hydrogens (primary N) is 1. The molecule has 1 atom stereocenters. The van der Waals surface area contributed by atoms with Gasteiger partial charge in [-0.05, 0) is 25.1 Å². The summed E-state index contributed by atoms with van der Waals surface area (Å²) in [7, 11) is 0. The van der Waals surface area contributed by atoms with Crippen LogP contribution in [0.3, 0.4) is 0 Å². The minimum absolute atomic E-state index is 0.116. The zero-order valence-corrected chi connectivity index (χ0v) is 7.90. The SMILES string of the molecule is NCC1(CC(=O)O)CCCSC1. The Morgan fingerprint density at radius 3 is 2.83 bits per heavy atom. The molecule has 0 aromatic heterocycles. The average molecular weight is 189 g/mol. The minimum atomic E-state index is -0.719. The highest BCUT2D eigenvalue weighted by Gasteiger charge is 2.33. The van der Waals surface area contributed by atoms with Gasteiger partial charge in [0.1, 0.15) is 0 Å². The van der Waals surface area contributed by atoms with Crippen LogP contribution in [0.5, 0.6) is 0 Å². The number of carboxylic acid groups (broad SMARTS) is 1. The number of carbonyl (C=O) groups is 1. The van der Waals surface area contributed by atoms with Gasteiger partial charge >= 0.3 is 5.97 Å². The van der Waals surface area contributed by atoms with Gasteiger partial charge in [0, 0.05) is 11.2 Å². The molecule has 1 aliphatic rings. The van der Waals surface area contributed by atoms with Crippen molar-refractivity contribution in [3.8, 4) is 0 Å². The van der Waals surface area contributed by atoms with Gasteiger partial charge in [-0.1, -0.05) is 0 Å². The molecule has 0 aliphatic carbocycles. The molecule has 12 heavy (non-hydrogen) atoms. The van der Waals surface area contributed by atoms with E-state index < -0.39 is 5.97 Å². The van der Waals surface area contributed by atoms with Gasteiger partial charge in [-0.2, -0.15) is 11.8 Å². The first kappa shape index (κ1) is 9.86. The van der Waals surface area contributed by atoms with Crippen LogP contribution < -0.4 is 5.73 Å². The molecule has 1 aliphatic heterocycles. The quantitative estimate of drug-likeness (QED) is 0.693. The molecule has 1 fully saturated rings. The highest BCUT2D eigenvalue weighted by molar-refractivity contribution is 7.99. The minimum Gasteiger partial charge on any atom is -0.481 e. The van der Waals surface area contributed by atoms with Crippen LogP contribution in [-0.4, -0.2) is 29.1 Å². The molecular formula is C8H15NO2S. The molecule has 0 aromatic rings. The summed E-state index contributed by atoms with van der Waals surface area (Å²) in [5.74, 6) is 1.35. The molecule has 3 nitrogen and oxygen atoms in total. The smallest absolute Gasteiger partial charge is 0.303 e. The van der Waals surface area contributed by atoms with Gasteiger partial charge in [0.2, 0.25) is 0 Å². The summed E-state index contributed by atoms with van der Waals surface area (Å²) in [4.78, 5) is 10.6. The number of aliphatic carboxylic acids is 1. The van der Waals surface area contributed by atoms with Crippen LogP contribution in [0.1, 0.15) is 19.3 Å². The van der Waals surface area contributed by atoms with E-state index in [1.54, 1.807) is 0 Å². The average Bonchev–Trinajstić information content (AvgIpc) is 2.05. The van der Waals surface area contributed by atoms with E-state index in [4.69, 9.17) is 10.8 Å².